The minimum atomic E-state index is -0.382. The second-order valence-corrected chi connectivity index (χ2v) is 3.17. The Labute approximate surface area is 95.1 Å². The zero-order chi connectivity index (χ0) is 11.8. The lowest BCUT2D eigenvalue weighted by atomic mass is 10.1. The third-order valence-corrected chi connectivity index (χ3v) is 2.02. The fourth-order valence-electron chi connectivity index (χ4n) is 1.21. The number of carbonyl (C=O) groups is 1. The average Bonchev–Trinajstić information content (AvgIpc) is 2.34. The molecular weight excluding hydrogens is 204 g/mol. The van der Waals surface area contributed by atoms with E-state index in [1.54, 1.807) is 18.2 Å². The highest BCUT2D eigenvalue weighted by Crippen LogP contribution is 2.08. The SMILES string of the molecule is COC(=O)c1ccccc1C#CCCCO. The summed E-state index contributed by atoms with van der Waals surface area (Å²) in [6.07, 6.45) is 1.26. The Morgan fingerprint density at radius 1 is 1.44 bits per heavy atom. The van der Waals surface area contributed by atoms with Crippen molar-refractivity contribution in [2.24, 2.45) is 0 Å². The largest absolute Gasteiger partial charge is 0.465 e. The lowest BCUT2D eigenvalue weighted by Gasteiger charge is -2.01. The number of ether oxygens (including phenoxy) is 1. The number of hydrogen-bond acceptors (Lipinski definition) is 3. The average molecular weight is 218 g/mol. The van der Waals surface area contributed by atoms with Gasteiger partial charge in [0.05, 0.1) is 12.7 Å². The van der Waals surface area contributed by atoms with E-state index in [1.807, 2.05) is 6.07 Å². The Morgan fingerprint density at radius 2 is 2.19 bits per heavy atom. The van der Waals surface area contributed by atoms with Crippen LogP contribution in [0.3, 0.4) is 0 Å². The molecule has 1 rings (SSSR count). The molecule has 3 heteroatoms. The van der Waals surface area contributed by atoms with E-state index in [2.05, 4.69) is 16.6 Å². The predicted octanol–water partition coefficient (Wildman–Crippen LogP) is 1.60. The van der Waals surface area contributed by atoms with E-state index < -0.39 is 0 Å². The fourth-order valence-corrected chi connectivity index (χ4v) is 1.21. The molecule has 0 saturated heterocycles. The third-order valence-electron chi connectivity index (χ3n) is 2.02. The molecule has 0 spiro atoms. The first kappa shape index (κ1) is 12.3. The normalized spacial score (nSPS) is 9.12. The molecule has 0 aliphatic carbocycles. The second-order valence-electron chi connectivity index (χ2n) is 3.17. The van der Waals surface area contributed by atoms with Crippen LogP contribution in [0.25, 0.3) is 0 Å². The van der Waals surface area contributed by atoms with Crippen LogP contribution in [-0.2, 0) is 4.74 Å². The molecule has 0 heterocycles. The number of esters is 1. The molecule has 1 N–H and O–H groups in total. The first-order chi connectivity index (χ1) is 7.79. The van der Waals surface area contributed by atoms with E-state index in [0.717, 1.165) is 0 Å². The molecule has 0 bridgehead atoms. The predicted molar refractivity (Wildman–Crippen MR) is 61.0 cm³/mol. The Bertz CT molecular complexity index is 413. The van der Waals surface area contributed by atoms with Crippen LogP contribution in [0.2, 0.25) is 0 Å². The van der Waals surface area contributed by atoms with Crippen molar-refractivity contribution in [3.8, 4) is 11.8 Å². The Balaban J connectivity index is 2.85. The molecule has 0 atom stereocenters. The zero-order valence-electron chi connectivity index (χ0n) is 9.19. The van der Waals surface area contributed by atoms with Gasteiger partial charge in [-0.15, -0.1) is 0 Å². The first-order valence-corrected chi connectivity index (χ1v) is 5.06. The van der Waals surface area contributed by atoms with Crippen molar-refractivity contribution < 1.29 is 14.6 Å². The van der Waals surface area contributed by atoms with Crippen molar-refractivity contribution in [3.63, 3.8) is 0 Å². The van der Waals surface area contributed by atoms with Crippen LogP contribution in [0.1, 0.15) is 28.8 Å². The third kappa shape index (κ3) is 3.41. The van der Waals surface area contributed by atoms with Gasteiger partial charge in [0.1, 0.15) is 0 Å². The Hall–Kier alpha value is -1.79. The molecule has 1 aromatic rings. The Morgan fingerprint density at radius 3 is 2.88 bits per heavy atom. The number of methoxy groups -OCH3 is 1. The quantitative estimate of drug-likeness (QED) is 0.476. The van der Waals surface area contributed by atoms with E-state index in [1.165, 1.54) is 7.11 Å². The van der Waals surface area contributed by atoms with Gasteiger partial charge in [-0.05, 0) is 18.6 Å². The van der Waals surface area contributed by atoms with E-state index in [4.69, 9.17) is 5.11 Å². The number of rotatable bonds is 3. The van der Waals surface area contributed by atoms with E-state index >= 15 is 0 Å². The number of benzene rings is 1. The lowest BCUT2D eigenvalue weighted by molar-refractivity contribution is 0.0600. The van der Waals surface area contributed by atoms with Crippen molar-refractivity contribution in [1.29, 1.82) is 0 Å². The highest BCUT2D eigenvalue weighted by Gasteiger charge is 2.08. The van der Waals surface area contributed by atoms with Crippen molar-refractivity contribution in [1.82, 2.24) is 0 Å². The molecule has 0 aliphatic heterocycles. The summed E-state index contributed by atoms with van der Waals surface area (Å²) >= 11 is 0. The molecule has 0 fully saturated rings. The molecule has 0 saturated carbocycles. The molecule has 3 nitrogen and oxygen atoms in total. The van der Waals surface area contributed by atoms with Crippen LogP contribution < -0.4 is 0 Å². The van der Waals surface area contributed by atoms with Crippen LogP contribution in [0.4, 0.5) is 0 Å². The fraction of sp³-hybridized carbons (Fsp3) is 0.308. The van der Waals surface area contributed by atoms with Crippen molar-refractivity contribution in [3.05, 3.63) is 35.4 Å². The summed E-state index contributed by atoms with van der Waals surface area (Å²) in [4.78, 5) is 11.4. The maximum absolute atomic E-state index is 11.4. The van der Waals surface area contributed by atoms with E-state index in [9.17, 15) is 4.79 Å². The topological polar surface area (TPSA) is 46.5 Å². The molecule has 0 aromatic heterocycles. The Kier molecular flexibility index (Phi) is 5.10. The smallest absolute Gasteiger partial charge is 0.339 e. The van der Waals surface area contributed by atoms with Gasteiger partial charge in [0.2, 0.25) is 0 Å². The van der Waals surface area contributed by atoms with Crippen LogP contribution in [0.15, 0.2) is 24.3 Å². The number of hydrogen-bond donors (Lipinski definition) is 1. The summed E-state index contributed by atoms with van der Waals surface area (Å²) in [5, 5.41) is 8.60. The summed E-state index contributed by atoms with van der Waals surface area (Å²) in [5.41, 5.74) is 1.13. The molecule has 0 amide bonds. The monoisotopic (exact) mass is 218 g/mol. The number of unbranched alkanes of at least 4 members (excludes halogenated alkanes) is 1. The molecular formula is C13H14O3. The first-order valence-electron chi connectivity index (χ1n) is 5.06. The molecule has 0 unspecified atom stereocenters. The van der Waals surface area contributed by atoms with Crippen LogP contribution in [0, 0.1) is 11.8 Å². The van der Waals surface area contributed by atoms with Gasteiger partial charge in [-0.2, -0.15) is 0 Å². The standard InChI is InChI=1S/C13H14O3/c1-16-13(15)12-9-5-4-8-11(12)7-3-2-6-10-14/h4-5,8-9,14H,2,6,10H2,1H3. The lowest BCUT2D eigenvalue weighted by Crippen LogP contribution is -2.03. The number of aliphatic hydroxyl groups is 1. The summed E-state index contributed by atoms with van der Waals surface area (Å²) in [5.74, 6) is 5.42. The summed E-state index contributed by atoms with van der Waals surface area (Å²) in [7, 11) is 1.35. The van der Waals surface area contributed by atoms with Gasteiger partial charge < -0.3 is 9.84 Å². The highest BCUT2D eigenvalue weighted by atomic mass is 16.5. The molecule has 0 radical (unpaired) electrons. The highest BCUT2D eigenvalue weighted by molar-refractivity contribution is 5.92. The van der Waals surface area contributed by atoms with Gasteiger partial charge in [0, 0.05) is 18.6 Å². The molecule has 84 valence electrons. The number of aliphatic hydroxyl groups excluding tert-OH is 1. The minimum absolute atomic E-state index is 0.132. The van der Waals surface area contributed by atoms with Crippen molar-refractivity contribution >= 4 is 5.97 Å². The van der Waals surface area contributed by atoms with E-state index in [0.29, 0.717) is 24.0 Å². The van der Waals surface area contributed by atoms with Gasteiger partial charge in [0.25, 0.3) is 0 Å². The maximum atomic E-state index is 11.4. The van der Waals surface area contributed by atoms with Gasteiger partial charge in [0.15, 0.2) is 0 Å². The van der Waals surface area contributed by atoms with Crippen molar-refractivity contribution in [2.75, 3.05) is 13.7 Å². The summed E-state index contributed by atoms with van der Waals surface area (Å²) < 4.78 is 4.66. The zero-order valence-corrected chi connectivity index (χ0v) is 9.19. The van der Waals surface area contributed by atoms with Crippen LogP contribution >= 0.6 is 0 Å². The minimum Gasteiger partial charge on any atom is -0.465 e. The van der Waals surface area contributed by atoms with Crippen LogP contribution in [-0.4, -0.2) is 24.8 Å². The van der Waals surface area contributed by atoms with Crippen molar-refractivity contribution in [2.45, 2.75) is 12.8 Å². The molecule has 1 aromatic carbocycles. The molecule has 0 aliphatic rings. The molecule has 16 heavy (non-hydrogen) atoms. The van der Waals surface area contributed by atoms with Gasteiger partial charge in [-0.25, -0.2) is 4.79 Å². The summed E-state index contributed by atoms with van der Waals surface area (Å²) in [6.45, 7) is 0.132. The second kappa shape index (κ2) is 6.65. The van der Waals surface area contributed by atoms with Crippen LogP contribution in [0.5, 0.6) is 0 Å². The van der Waals surface area contributed by atoms with Gasteiger partial charge in [-0.3, -0.25) is 0 Å². The number of carbonyl (C=O) groups excluding carboxylic acids is 1. The van der Waals surface area contributed by atoms with Gasteiger partial charge >= 0.3 is 5.97 Å². The maximum Gasteiger partial charge on any atom is 0.339 e. The van der Waals surface area contributed by atoms with Gasteiger partial charge in [-0.1, -0.05) is 24.0 Å². The van der Waals surface area contributed by atoms with E-state index in [-0.39, 0.29) is 12.6 Å². The summed E-state index contributed by atoms with van der Waals surface area (Å²) in [6, 6.07) is 7.05.